The molecule has 0 atom stereocenters. The van der Waals surface area contributed by atoms with Crippen molar-refractivity contribution in [1.29, 1.82) is 0 Å². The van der Waals surface area contributed by atoms with Crippen LogP contribution in [0.2, 0.25) is 0 Å². The third-order valence-corrected chi connectivity index (χ3v) is 4.02. The number of esters is 2. The average molecular weight is 454 g/mol. The van der Waals surface area contributed by atoms with Crippen LogP contribution in [0.1, 0.15) is 54.0 Å². The highest BCUT2D eigenvalue weighted by Gasteiger charge is 2.36. The second-order valence-corrected chi connectivity index (χ2v) is 9.18. The van der Waals surface area contributed by atoms with Gasteiger partial charge in [-0.3, -0.25) is 14.4 Å². The molecule has 0 radical (unpaired) electrons. The molecule has 0 heterocycles. The Kier molecular flexibility index (Phi) is 8.93. The Balaban J connectivity index is 3.63. The van der Waals surface area contributed by atoms with Crippen molar-refractivity contribution in [1.82, 2.24) is 0 Å². The number of amides is 1. The molecule has 1 N–H and O–H groups in total. The fourth-order valence-electron chi connectivity index (χ4n) is 2.91. The van der Waals surface area contributed by atoms with Crippen LogP contribution in [-0.4, -0.2) is 50.4 Å². The summed E-state index contributed by atoms with van der Waals surface area (Å²) >= 11 is 0. The summed E-state index contributed by atoms with van der Waals surface area (Å²) in [6, 6.07) is 1.58. The maximum absolute atomic E-state index is 13.0. The van der Waals surface area contributed by atoms with Crippen LogP contribution in [0.4, 0.5) is 5.69 Å². The van der Waals surface area contributed by atoms with E-state index in [1.54, 1.807) is 47.6 Å². The van der Waals surface area contributed by atoms with E-state index in [0.29, 0.717) is 11.3 Å². The summed E-state index contributed by atoms with van der Waals surface area (Å²) in [5.41, 5.74) is -0.952. The van der Waals surface area contributed by atoms with Gasteiger partial charge < -0.3 is 29.0 Å². The summed E-state index contributed by atoms with van der Waals surface area (Å²) in [5.74, 6) is -2.38. The molecule has 1 aromatic carbocycles. The van der Waals surface area contributed by atoms with Gasteiger partial charge in [0, 0.05) is 6.92 Å². The minimum absolute atomic E-state index is 0.129. The van der Waals surface area contributed by atoms with E-state index in [2.05, 4.69) is 5.32 Å². The molecule has 0 aliphatic rings. The highest BCUT2D eigenvalue weighted by Crippen LogP contribution is 2.46. The first-order valence-electron chi connectivity index (χ1n) is 10.2. The van der Waals surface area contributed by atoms with Crippen molar-refractivity contribution in [3.05, 3.63) is 11.6 Å². The van der Waals surface area contributed by atoms with E-state index in [0.717, 1.165) is 0 Å². The summed E-state index contributed by atoms with van der Waals surface area (Å²) < 4.78 is 27.2. The lowest BCUT2D eigenvalue weighted by Gasteiger charge is -2.27. The molecule has 0 aromatic heterocycles. The Bertz CT molecular complexity index is 821. The van der Waals surface area contributed by atoms with Crippen molar-refractivity contribution in [3.8, 4) is 17.2 Å². The number of carbonyl (C=O) groups is 3. The van der Waals surface area contributed by atoms with Crippen molar-refractivity contribution >= 4 is 23.5 Å². The van der Waals surface area contributed by atoms with E-state index in [9.17, 15) is 14.4 Å². The topological polar surface area (TPSA) is 109 Å². The van der Waals surface area contributed by atoms with E-state index < -0.39 is 29.1 Å². The fourth-order valence-corrected chi connectivity index (χ4v) is 2.91. The van der Waals surface area contributed by atoms with Gasteiger partial charge in [0.2, 0.25) is 11.7 Å². The highest BCUT2D eigenvalue weighted by molar-refractivity contribution is 5.97. The Morgan fingerprint density at radius 1 is 0.844 bits per heavy atom. The van der Waals surface area contributed by atoms with Gasteiger partial charge >= 0.3 is 11.9 Å². The molecule has 9 heteroatoms. The fraction of sp³-hybridized carbons (Fsp3) is 0.609. The lowest BCUT2D eigenvalue weighted by atomic mass is 9.96. The highest BCUT2D eigenvalue weighted by atomic mass is 16.6. The number of benzene rings is 1. The standard InChI is InChI=1S/C23H35NO8/c1-13(25)24-17-14(12-16(28-8)18(29-9)19(17)30-10)11-15(20(26)31-22(2,3)4)21(27)32-23(5,6)7/h12,15H,11H2,1-10H3,(H,24,25). The number of ether oxygens (including phenoxy) is 5. The predicted octanol–water partition coefficient (Wildman–Crippen LogP) is 3.51. The van der Waals surface area contributed by atoms with Gasteiger partial charge in [0.05, 0.1) is 27.0 Å². The normalized spacial score (nSPS) is 11.6. The smallest absolute Gasteiger partial charge is 0.321 e. The van der Waals surface area contributed by atoms with E-state index in [-0.39, 0.29) is 29.5 Å². The molecule has 1 amide bonds. The van der Waals surface area contributed by atoms with Crippen LogP contribution in [0.15, 0.2) is 6.07 Å². The molecule has 9 nitrogen and oxygen atoms in total. The summed E-state index contributed by atoms with van der Waals surface area (Å²) in [6.07, 6.45) is -0.129. The zero-order chi connectivity index (χ0) is 24.9. The molecule has 0 aliphatic heterocycles. The number of hydrogen-bond donors (Lipinski definition) is 1. The number of carbonyl (C=O) groups excluding carboxylic acids is 3. The van der Waals surface area contributed by atoms with Gasteiger partial charge in [0.1, 0.15) is 11.2 Å². The lowest BCUT2D eigenvalue weighted by molar-refractivity contribution is -0.174. The number of anilines is 1. The second kappa shape index (κ2) is 10.6. The Morgan fingerprint density at radius 3 is 1.66 bits per heavy atom. The van der Waals surface area contributed by atoms with Crippen LogP contribution >= 0.6 is 0 Å². The largest absolute Gasteiger partial charge is 0.493 e. The molecule has 0 bridgehead atoms. The van der Waals surface area contributed by atoms with E-state index in [1.165, 1.54) is 28.3 Å². The van der Waals surface area contributed by atoms with Gasteiger partial charge in [-0.15, -0.1) is 0 Å². The van der Waals surface area contributed by atoms with Crippen molar-refractivity contribution in [2.45, 2.75) is 66.1 Å². The van der Waals surface area contributed by atoms with Gasteiger partial charge in [0.15, 0.2) is 17.4 Å². The molecule has 1 aromatic rings. The van der Waals surface area contributed by atoms with Crippen molar-refractivity contribution in [3.63, 3.8) is 0 Å². The summed E-state index contributed by atoms with van der Waals surface area (Å²) in [6.45, 7) is 11.6. The van der Waals surface area contributed by atoms with Crippen molar-refractivity contribution in [2.75, 3.05) is 26.6 Å². The number of methoxy groups -OCH3 is 3. The first-order valence-corrected chi connectivity index (χ1v) is 10.2. The molecule has 0 unspecified atom stereocenters. The minimum Gasteiger partial charge on any atom is -0.493 e. The molecule has 0 aliphatic carbocycles. The third-order valence-electron chi connectivity index (χ3n) is 4.02. The number of hydrogen-bond acceptors (Lipinski definition) is 8. The quantitative estimate of drug-likeness (QED) is 0.470. The molecule has 0 saturated carbocycles. The van der Waals surface area contributed by atoms with E-state index in [4.69, 9.17) is 23.7 Å². The Morgan fingerprint density at radius 2 is 1.31 bits per heavy atom. The molecule has 180 valence electrons. The van der Waals surface area contributed by atoms with Gasteiger partial charge in [-0.1, -0.05) is 0 Å². The maximum Gasteiger partial charge on any atom is 0.321 e. The average Bonchev–Trinajstić information content (AvgIpc) is 2.62. The lowest BCUT2D eigenvalue weighted by Crippen LogP contribution is -2.38. The minimum atomic E-state index is -1.29. The Labute approximate surface area is 189 Å². The number of nitrogens with one attached hydrogen (secondary N) is 1. The molecular weight excluding hydrogens is 418 g/mol. The number of rotatable bonds is 8. The monoisotopic (exact) mass is 453 g/mol. The predicted molar refractivity (Wildman–Crippen MR) is 119 cm³/mol. The SMILES string of the molecule is COc1cc(CC(C(=O)OC(C)(C)C)C(=O)OC(C)(C)C)c(NC(C)=O)c(OC)c1OC. The first kappa shape index (κ1) is 27.1. The summed E-state index contributed by atoms with van der Waals surface area (Å²) in [7, 11) is 4.28. The molecule has 32 heavy (non-hydrogen) atoms. The van der Waals surface area contributed by atoms with Crippen LogP contribution in [-0.2, 0) is 30.3 Å². The van der Waals surface area contributed by atoms with Gasteiger partial charge in [0.25, 0.3) is 0 Å². The first-order chi connectivity index (χ1) is 14.6. The van der Waals surface area contributed by atoms with Crippen molar-refractivity contribution in [2.24, 2.45) is 5.92 Å². The zero-order valence-electron chi connectivity index (χ0n) is 20.6. The molecular formula is C23H35NO8. The summed E-state index contributed by atoms with van der Waals surface area (Å²) in [5, 5.41) is 2.69. The molecule has 0 spiro atoms. The van der Waals surface area contributed by atoms with Crippen LogP contribution in [0.5, 0.6) is 17.2 Å². The van der Waals surface area contributed by atoms with E-state index in [1.807, 2.05) is 0 Å². The van der Waals surface area contributed by atoms with Crippen LogP contribution in [0.25, 0.3) is 0 Å². The molecule has 0 fully saturated rings. The third kappa shape index (κ3) is 7.62. The second-order valence-electron chi connectivity index (χ2n) is 9.18. The Hall–Kier alpha value is -2.97. The zero-order valence-corrected chi connectivity index (χ0v) is 20.6. The van der Waals surface area contributed by atoms with Gasteiger partial charge in [-0.25, -0.2) is 0 Å². The van der Waals surface area contributed by atoms with Gasteiger partial charge in [-0.2, -0.15) is 0 Å². The van der Waals surface area contributed by atoms with Crippen LogP contribution < -0.4 is 19.5 Å². The van der Waals surface area contributed by atoms with Crippen molar-refractivity contribution < 1.29 is 38.1 Å². The van der Waals surface area contributed by atoms with Crippen LogP contribution in [0, 0.1) is 5.92 Å². The molecule has 0 saturated heterocycles. The van der Waals surface area contributed by atoms with Crippen LogP contribution in [0.3, 0.4) is 0 Å². The van der Waals surface area contributed by atoms with E-state index >= 15 is 0 Å². The summed E-state index contributed by atoms with van der Waals surface area (Å²) in [4.78, 5) is 37.8. The van der Waals surface area contributed by atoms with Gasteiger partial charge in [-0.05, 0) is 59.6 Å². The molecule has 1 rings (SSSR count). The maximum atomic E-state index is 13.0.